The van der Waals surface area contributed by atoms with Crippen molar-refractivity contribution in [3.63, 3.8) is 0 Å². The molecular weight excluding hydrogens is 436 g/mol. The highest BCUT2D eigenvalue weighted by atomic mass is 15.1. The summed E-state index contributed by atoms with van der Waals surface area (Å²) in [4.78, 5) is 2.58. The minimum Gasteiger partial charge on any atom is -0.316 e. The number of piperidine rings is 3. The van der Waals surface area contributed by atoms with Crippen LogP contribution in [0, 0.1) is 12.8 Å². The van der Waals surface area contributed by atoms with Gasteiger partial charge in [0.15, 0.2) is 0 Å². The molecule has 3 aromatic rings. The number of nitrogens with zero attached hydrogens (tertiary/aromatic N) is 1. The van der Waals surface area contributed by atoms with E-state index >= 15 is 0 Å². The second-order valence-corrected chi connectivity index (χ2v) is 11.1. The fraction of sp³-hybridized carbons (Fsp3) is 0.471. The summed E-state index contributed by atoms with van der Waals surface area (Å²) in [6.45, 7) is 14.1. The molecule has 36 heavy (non-hydrogen) atoms. The Morgan fingerprint density at radius 1 is 0.778 bits per heavy atom. The first-order valence-corrected chi connectivity index (χ1v) is 13.4. The molecule has 3 heterocycles. The Bertz CT molecular complexity index is 920. The molecule has 2 nitrogen and oxygen atoms in total. The molecule has 0 aliphatic carbocycles. The maximum absolute atomic E-state index is 3.20. The lowest BCUT2D eigenvalue weighted by atomic mass is 9.85. The van der Waals surface area contributed by atoms with Gasteiger partial charge in [0.2, 0.25) is 0 Å². The number of rotatable bonds is 4. The van der Waals surface area contributed by atoms with E-state index in [1.807, 2.05) is 7.05 Å². The molecule has 0 unspecified atom stereocenters. The van der Waals surface area contributed by atoms with E-state index in [0.29, 0.717) is 0 Å². The van der Waals surface area contributed by atoms with E-state index < -0.39 is 0 Å². The predicted molar refractivity (Wildman–Crippen MR) is 159 cm³/mol. The largest absolute Gasteiger partial charge is 0.316 e. The van der Waals surface area contributed by atoms with E-state index in [1.54, 1.807) is 0 Å². The lowest BCUT2D eigenvalue weighted by Crippen LogP contribution is -2.41. The Morgan fingerprint density at radius 2 is 1.28 bits per heavy atom. The summed E-state index contributed by atoms with van der Waals surface area (Å²) in [5, 5.41) is 3.20. The van der Waals surface area contributed by atoms with Crippen LogP contribution in [0.1, 0.15) is 75.3 Å². The van der Waals surface area contributed by atoms with Crippen LogP contribution in [0.3, 0.4) is 0 Å². The zero-order valence-electron chi connectivity index (χ0n) is 22.7. The van der Waals surface area contributed by atoms with E-state index in [-0.39, 0.29) is 12.8 Å². The second kappa shape index (κ2) is 15.0. The molecule has 3 aliphatic heterocycles. The molecule has 3 fully saturated rings. The van der Waals surface area contributed by atoms with Gasteiger partial charge in [-0.05, 0) is 98.4 Å². The quantitative estimate of drug-likeness (QED) is 0.401. The van der Waals surface area contributed by atoms with Crippen LogP contribution < -0.4 is 5.32 Å². The van der Waals surface area contributed by atoms with Crippen LogP contribution in [0.25, 0.3) is 0 Å². The van der Waals surface area contributed by atoms with Crippen LogP contribution in [0.4, 0.5) is 0 Å². The van der Waals surface area contributed by atoms with Crippen molar-refractivity contribution in [2.75, 3.05) is 26.7 Å². The lowest BCUT2D eigenvalue weighted by Gasteiger charge is -2.38. The van der Waals surface area contributed by atoms with Crippen molar-refractivity contribution in [2.45, 2.75) is 72.8 Å². The average Bonchev–Trinajstić information content (AvgIpc) is 2.88. The highest BCUT2D eigenvalue weighted by Crippen LogP contribution is 2.26. The fourth-order valence-corrected chi connectivity index (χ4v) is 4.81. The zero-order chi connectivity index (χ0) is 25.1. The Morgan fingerprint density at radius 3 is 1.64 bits per heavy atom. The number of aryl methyl sites for hydroxylation is 1. The van der Waals surface area contributed by atoms with Crippen LogP contribution in [-0.2, 0) is 18.4 Å². The first-order chi connectivity index (χ1) is 16.8. The summed E-state index contributed by atoms with van der Waals surface area (Å²) in [5.74, 6) is 1.11. The third-order valence-electron chi connectivity index (χ3n) is 7.24. The van der Waals surface area contributed by atoms with Gasteiger partial charge in [0.05, 0.1) is 0 Å². The van der Waals surface area contributed by atoms with Crippen molar-refractivity contribution >= 4 is 0 Å². The van der Waals surface area contributed by atoms with Gasteiger partial charge < -0.3 is 10.2 Å². The number of hydrogen-bond acceptors (Lipinski definition) is 2. The Labute approximate surface area is 222 Å². The standard InChI is InChI=1S/C13H21N.C13H12.C7H13N.CH4/c1-10-6-7-12(13(2,3)4)8-11(10)9-14-5;1-3-7-12(8-4-1)11-13-9-5-2-6-10-13;1-4-8-5-2-7(1)3-6-8;/h6-8,14H,9H2,1-5H3;1-10H,11H2;7H,1-6H2;1H4. The summed E-state index contributed by atoms with van der Waals surface area (Å²) >= 11 is 0. The van der Waals surface area contributed by atoms with Crippen molar-refractivity contribution in [2.24, 2.45) is 5.92 Å². The minimum absolute atomic E-state index is 0. The molecule has 0 saturated carbocycles. The molecule has 2 heteroatoms. The van der Waals surface area contributed by atoms with Gasteiger partial charge in [0.1, 0.15) is 0 Å². The van der Waals surface area contributed by atoms with Crippen LogP contribution in [0.15, 0.2) is 78.9 Å². The van der Waals surface area contributed by atoms with E-state index in [1.165, 1.54) is 66.7 Å². The average molecular weight is 487 g/mol. The molecule has 3 aromatic carbocycles. The van der Waals surface area contributed by atoms with Gasteiger partial charge in [-0.15, -0.1) is 0 Å². The van der Waals surface area contributed by atoms with Gasteiger partial charge in [-0.1, -0.05) is 107 Å². The van der Waals surface area contributed by atoms with Crippen LogP contribution in [0.2, 0.25) is 0 Å². The highest BCUT2D eigenvalue weighted by Gasteiger charge is 2.24. The maximum atomic E-state index is 3.20. The van der Waals surface area contributed by atoms with Crippen molar-refractivity contribution in [1.82, 2.24) is 10.2 Å². The maximum Gasteiger partial charge on any atom is 0.0205 e. The third kappa shape index (κ3) is 9.91. The first kappa shape index (κ1) is 29.8. The second-order valence-electron chi connectivity index (χ2n) is 11.1. The molecule has 0 amide bonds. The van der Waals surface area contributed by atoms with Gasteiger partial charge in [-0.25, -0.2) is 0 Å². The fourth-order valence-electron chi connectivity index (χ4n) is 4.81. The molecular formula is C34H50N2. The lowest BCUT2D eigenvalue weighted by molar-refractivity contribution is 0.111. The topological polar surface area (TPSA) is 15.3 Å². The molecule has 0 radical (unpaired) electrons. The van der Waals surface area contributed by atoms with E-state index in [0.717, 1.165) is 18.9 Å². The SMILES string of the molecule is C.C1CN2CCC1CC2.CNCc1cc(C(C)(C)C)ccc1C.c1ccc(Cc2ccccc2)cc1. The molecule has 3 aliphatic rings. The van der Waals surface area contributed by atoms with Crippen LogP contribution in [-0.4, -0.2) is 31.6 Å². The molecule has 0 atom stereocenters. The predicted octanol–water partition coefficient (Wildman–Crippen LogP) is 8.03. The molecule has 1 N–H and O–H groups in total. The Hall–Kier alpha value is -2.42. The van der Waals surface area contributed by atoms with Gasteiger partial charge in [-0.3, -0.25) is 0 Å². The summed E-state index contributed by atoms with van der Waals surface area (Å²) in [6.07, 6.45) is 5.49. The zero-order valence-corrected chi connectivity index (χ0v) is 22.7. The number of hydrogen-bond donors (Lipinski definition) is 1. The van der Waals surface area contributed by atoms with Gasteiger partial charge in [0, 0.05) is 6.54 Å². The molecule has 196 valence electrons. The number of benzene rings is 3. The molecule has 6 rings (SSSR count). The van der Waals surface area contributed by atoms with Crippen molar-refractivity contribution in [3.05, 3.63) is 107 Å². The first-order valence-electron chi connectivity index (χ1n) is 13.4. The highest BCUT2D eigenvalue weighted by molar-refractivity contribution is 5.34. The van der Waals surface area contributed by atoms with Gasteiger partial charge >= 0.3 is 0 Å². The normalized spacial score (nSPS) is 18.1. The summed E-state index contributed by atoms with van der Waals surface area (Å²) in [6, 6.07) is 27.8. The van der Waals surface area contributed by atoms with Crippen LogP contribution >= 0.6 is 0 Å². The molecule has 0 spiro atoms. The molecule has 0 aromatic heterocycles. The molecule has 3 saturated heterocycles. The summed E-state index contributed by atoms with van der Waals surface area (Å²) in [7, 11) is 1.99. The van der Waals surface area contributed by atoms with Crippen molar-refractivity contribution in [1.29, 1.82) is 0 Å². The summed E-state index contributed by atoms with van der Waals surface area (Å²) < 4.78 is 0. The van der Waals surface area contributed by atoms with Crippen LogP contribution in [0.5, 0.6) is 0 Å². The van der Waals surface area contributed by atoms with Crippen molar-refractivity contribution < 1.29 is 0 Å². The number of nitrogens with one attached hydrogen (secondary N) is 1. The third-order valence-corrected chi connectivity index (χ3v) is 7.24. The van der Waals surface area contributed by atoms with E-state index in [2.05, 4.69) is 117 Å². The van der Waals surface area contributed by atoms with Gasteiger partial charge in [0.25, 0.3) is 0 Å². The molecule has 2 bridgehead atoms. The van der Waals surface area contributed by atoms with E-state index in [9.17, 15) is 0 Å². The summed E-state index contributed by atoms with van der Waals surface area (Å²) in [5.41, 5.74) is 7.17. The van der Waals surface area contributed by atoms with Crippen molar-refractivity contribution in [3.8, 4) is 0 Å². The smallest absolute Gasteiger partial charge is 0.0205 e. The Kier molecular flexibility index (Phi) is 12.4. The van der Waals surface area contributed by atoms with Gasteiger partial charge in [-0.2, -0.15) is 0 Å². The minimum atomic E-state index is 0. The van der Waals surface area contributed by atoms with E-state index in [4.69, 9.17) is 0 Å². The number of fused-ring (bicyclic) bond motifs is 3. The Balaban J connectivity index is 0.000000193. The monoisotopic (exact) mass is 486 g/mol.